The summed E-state index contributed by atoms with van der Waals surface area (Å²) in [6, 6.07) is 15.8. The minimum absolute atomic E-state index is 0.118. The Bertz CT molecular complexity index is 694. The molecule has 26 heavy (non-hydrogen) atoms. The number of para-hydroxylation sites is 1. The number of nitrogens with one attached hydrogen (secondary N) is 1. The van der Waals surface area contributed by atoms with Crippen LogP contribution in [0, 0.1) is 6.92 Å². The van der Waals surface area contributed by atoms with Crippen molar-refractivity contribution < 1.29 is 9.53 Å². The van der Waals surface area contributed by atoms with Crippen LogP contribution in [0.15, 0.2) is 48.5 Å². The summed E-state index contributed by atoms with van der Waals surface area (Å²) in [5, 5.41) is 2.96. The molecule has 1 atom stereocenters. The van der Waals surface area contributed by atoms with Crippen LogP contribution in [0.5, 0.6) is 5.75 Å². The zero-order valence-electron chi connectivity index (χ0n) is 16.3. The summed E-state index contributed by atoms with van der Waals surface area (Å²) < 4.78 is 5.92. The Morgan fingerprint density at radius 1 is 1.04 bits per heavy atom. The van der Waals surface area contributed by atoms with Gasteiger partial charge in [0.2, 0.25) is 0 Å². The first-order valence-corrected chi connectivity index (χ1v) is 9.41. The molecule has 1 N–H and O–H groups in total. The van der Waals surface area contributed by atoms with Gasteiger partial charge in [-0.15, -0.1) is 0 Å². The predicted octanol–water partition coefficient (Wildman–Crippen LogP) is 4.63. The maximum Gasteiger partial charge on any atom is 0.265 e. The average molecular weight is 354 g/mol. The topological polar surface area (TPSA) is 41.6 Å². The molecule has 0 fully saturated rings. The number of benzene rings is 2. The summed E-state index contributed by atoms with van der Waals surface area (Å²) in [5.41, 5.74) is 3.07. The molecular formula is C22H30N2O2. The zero-order valence-corrected chi connectivity index (χ0v) is 16.3. The molecule has 0 radical (unpaired) electrons. The highest BCUT2D eigenvalue weighted by Gasteiger charge is 2.19. The average Bonchev–Trinajstić information content (AvgIpc) is 2.66. The number of hydrogen-bond donors (Lipinski definition) is 1. The Kier molecular flexibility index (Phi) is 7.67. The lowest BCUT2D eigenvalue weighted by molar-refractivity contribution is -0.122. The first-order valence-electron chi connectivity index (χ1n) is 9.41. The molecule has 4 heteroatoms. The van der Waals surface area contributed by atoms with Crippen molar-refractivity contribution >= 4 is 11.6 Å². The third kappa shape index (κ3) is 5.60. The van der Waals surface area contributed by atoms with Crippen LogP contribution >= 0.6 is 0 Å². The van der Waals surface area contributed by atoms with Gasteiger partial charge in [0.05, 0.1) is 0 Å². The third-order valence-corrected chi connectivity index (χ3v) is 4.55. The fraction of sp³-hybridized carbons (Fsp3) is 0.409. The van der Waals surface area contributed by atoms with E-state index in [0.717, 1.165) is 36.6 Å². The van der Waals surface area contributed by atoms with E-state index in [1.807, 2.05) is 50.2 Å². The second-order valence-electron chi connectivity index (χ2n) is 6.43. The summed E-state index contributed by atoms with van der Waals surface area (Å²) in [6.45, 7) is 11.3. The monoisotopic (exact) mass is 354 g/mol. The number of hydrogen-bond acceptors (Lipinski definition) is 3. The van der Waals surface area contributed by atoms with Gasteiger partial charge in [0.25, 0.3) is 5.91 Å². The van der Waals surface area contributed by atoms with E-state index >= 15 is 0 Å². The van der Waals surface area contributed by atoms with Crippen molar-refractivity contribution in [2.45, 2.75) is 46.8 Å². The number of nitrogens with zero attached hydrogens (tertiary/aromatic N) is 1. The molecule has 0 saturated heterocycles. The fourth-order valence-electron chi connectivity index (χ4n) is 2.79. The summed E-state index contributed by atoms with van der Waals surface area (Å²) in [5.74, 6) is 0.635. The van der Waals surface area contributed by atoms with E-state index in [4.69, 9.17) is 4.74 Å². The van der Waals surface area contributed by atoms with E-state index in [2.05, 4.69) is 36.2 Å². The van der Waals surface area contributed by atoms with Crippen LogP contribution in [0.4, 0.5) is 5.69 Å². The molecule has 2 aromatic carbocycles. The van der Waals surface area contributed by atoms with E-state index in [1.54, 1.807) is 0 Å². The summed E-state index contributed by atoms with van der Waals surface area (Å²) in [6.07, 6.45) is 0.103. The Morgan fingerprint density at radius 2 is 1.69 bits per heavy atom. The molecule has 4 nitrogen and oxygen atoms in total. The van der Waals surface area contributed by atoms with Gasteiger partial charge in [-0.05, 0) is 55.8 Å². The lowest BCUT2D eigenvalue weighted by atomic mass is 10.1. The number of amides is 1. The lowest BCUT2D eigenvalue weighted by Gasteiger charge is -2.19. The van der Waals surface area contributed by atoms with Gasteiger partial charge in [-0.3, -0.25) is 9.69 Å². The minimum atomic E-state index is -0.508. The van der Waals surface area contributed by atoms with Crippen LogP contribution in [0.2, 0.25) is 0 Å². The van der Waals surface area contributed by atoms with Crippen molar-refractivity contribution in [2.24, 2.45) is 0 Å². The van der Waals surface area contributed by atoms with Gasteiger partial charge in [-0.1, -0.05) is 51.1 Å². The molecule has 0 aliphatic heterocycles. The van der Waals surface area contributed by atoms with Gasteiger partial charge < -0.3 is 10.1 Å². The normalized spacial score (nSPS) is 12.0. The van der Waals surface area contributed by atoms with Gasteiger partial charge >= 0.3 is 0 Å². The van der Waals surface area contributed by atoms with Crippen molar-refractivity contribution in [3.63, 3.8) is 0 Å². The maximum absolute atomic E-state index is 12.6. The van der Waals surface area contributed by atoms with Crippen LogP contribution in [0.1, 0.15) is 38.3 Å². The highest BCUT2D eigenvalue weighted by Crippen LogP contribution is 2.20. The summed E-state index contributed by atoms with van der Waals surface area (Å²) in [7, 11) is 0. The smallest absolute Gasteiger partial charge is 0.265 e. The molecule has 0 spiro atoms. The Balaban J connectivity index is 1.98. The fourth-order valence-corrected chi connectivity index (χ4v) is 2.79. The van der Waals surface area contributed by atoms with Crippen LogP contribution in [0.25, 0.3) is 0 Å². The van der Waals surface area contributed by atoms with Crippen LogP contribution < -0.4 is 10.1 Å². The number of rotatable bonds is 9. The standard InChI is InChI=1S/C22H30N2O2/c1-5-20(26-21-11-9-8-10-17(21)4)22(25)23-19-14-12-18(13-15-19)16-24(6-2)7-3/h8-15,20H,5-7,16H2,1-4H3,(H,23,25)/t20-/m1/s1. The molecule has 140 valence electrons. The van der Waals surface area contributed by atoms with Crippen LogP contribution in [0.3, 0.4) is 0 Å². The second-order valence-corrected chi connectivity index (χ2v) is 6.43. The van der Waals surface area contributed by atoms with Crippen molar-refractivity contribution in [2.75, 3.05) is 18.4 Å². The van der Waals surface area contributed by atoms with Crippen molar-refractivity contribution in [3.05, 3.63) is 59.7 Å². The third-order valence-electron chi connectivity index (χ3n) is 4.55. The van der Waals surface area contributed by atoms with E-state index in [1.165, 1.54) is 5.56 Å². The maximum atomic E-state index is 12.6. The largest absolute Gasteiger partial charge is 0.480 e. The molecule has 2 rings (SSSR count). The van der Waals surface area contributed by atoms with Crippen molar-refractivity contribution in [1.29, 1.82) is 0 Å². The van der Waals surface area contributed by atoms with Gasteiger partial charge in [0, 0.05) is 12.2 Å². The Hall–Kier alpha value is -2.33. The molecule has 0 heterocycles. The predicted molar refractivity (Wildman–Crippen MR) is 108 cm³/mol. The van der Waals surface area contributed by atoms with Crippen LogP contribution in [-0.2, 0) is 11.3 Å². The number of carbonyl (C=O) groups is 1. The Labute approximate surface area is 157 Å². The van der Waals surface area contributed by atoms with Crippen LogP contribution in [-0.4, -0.2) is 30.0 Å². The van der Waals surface area contributed by atoms with E-state index in [-0.39, 0.29) is 5.91 Å². The zero-order chi connectivity index (χ0) is 18.9. The van der Waals surface area contributed by atoms with Gasteiger partial charge in [-0.2, -0.15) is 0 Å². The molecular weight excluding hydrogens is 324 g/mol. The van der Waals surface area contributed by atoms with E-state index in [9.17, 15) is 4.79 Å². The molecule has 0 unspecified atom stereocenters. The quantitative estimate of drug-likeness (QED) is 0.714. The van der Waals surface area contributed by atoms with Gasteiger partial charge in [-0.25, -0.2) is 0 Å². The molecule has 0 aliphatic rings. The molecule has 2 aromatic rings. The van der Waals surface area contributed by atoms with Crippen molar-refractivity contribution in [1.82, 2.24) is 4.90 Å². The first-order chi connectivity index (χ1) is 12.6. The van der Waals surface area contributed by atoms with Gasteiger partial charge in [0.15, 0.2) is 6.10 Å². The molecule has 1 amide bonds. The minimum Gasteiger partial charge on any atom is -0.480 e. The molecule has 0 aliphatic carbocycles. The van der Waals surface area contributed by atoms with E-state index in [0.29, 0.717) is 6.42 Å². The highest BCUT2D eigenvalue weighted by molar-refractivity contribution is 5.94. The first kappa shape index (κ1) is 20.0. The number of carbonyl (C=O) groups excluding carboxylic acids is 1. The summed E-state index contributed by atoms with van der Waals surface area (Å²) >= 11 is 0. The SMILES string of the molecule is CC[C@@H](Oc1ccccc1C)C(=O)Nc1ccc(CN(CC)CC)cc1. The van der Waals surface area contributed by atoms with E-state index < -0.39 is 6.10 Å². The second kappa shape index (κ2) is 9.97. The summed E-state index contributed by atoms with van der Waals surface area (Å²) in [4.78, 5) is 14.9. The number of anilines is 1. The van der Waals surface area contributed by atoms with Gasteiger partial charge in [0.1, 0.15) is 5.75 Å². The number of ether oxygens (including phenoxy) is 1. The molecule has 0 aromatic heterocycles. The highest BCUT2D eigenvalue weighted by atomic mass is 16.5. The Morgan fingerprint density at radius 3 is 2.27 bits per heavy atom. The molecule has 0 bridgehead atoms. The van der Waals surface area contributed by atoms with Crippen molar-refractivity contribution in [3.8, 4) is 5.75 Å². The molecule has 0 saturated carbocycles. The number of aryl methyl sites for hydroxylation is 1. The lowest BCUT2D eigenvalue weighted by Crippen LogP contribution is -2.32.